The Morgan fingerprint density at radius 2 is 2.04 bits per heavy atom. The van der Waals surface area contributed by atoms with E-state index < -0.39 is 26.6 Å². The van der Waals surface area contributed by atoms with Crippen molar-refractivity contribution in [3.63, 3.8) is 0 Å². The average Bonchev–Trinajstić information content (AvgIpc) is 2.93. The van der Waals surface area contributed by atoms with Gasteiger partial charge in [-0.15, -0.1) is 0 Å². The molecule has 0 saturated carbocycles. The highest BCUT2D eigenvalue weighted by molar-refractivity contribution is 7.89. The van der Waals surface area contributed by atoms with Crippen molar-refractivity contribution in [1.82, 2.24) is 14.7 Å². The fraction of sp³-hybridized carbons (Fsp3) is 0.133. The molecule has 0 aliphatic heterocycles. The molecule has 0 radical (unpaired) electrons. The van der Waals surface area contributed by atoms with Crippen LogP contribution >= 0.6 is 0 Å². The first-order valence-electron chi connectivity index (χ1n) is 6.83. The first-order chi connectivity index (χ1) is 11.0. The van der Waals surface area contributed by atoms with Gasteiger partial charge in [0.2, 0.25) is 10.0 Å². The van der Waals surface area contributed by atoms with Gasteiger partial charge in [-0.3, -0.25) is 0 Å². The number of hydrogen-bond acceptors (Lipinski definition) is 3. The lowest BCUT2D eigenvalue weighted by Crippen LogP contribution is -2.26. The van der Waals surface area contributed by atoms with Crippen LogP contribution in [0.1, 0.15) is 5.56 Å². The molecule has 0 saturated heterocycles. The van der Waals surface area contributed by atoms with Crippen LogP contribution in [0.15, 0.2) is 47.6 Å². The van der Waals surface area contributed by atoms with Gasteiger partial charge in [-0.25, -0.2) is 26.9 Å². The Hall–Kier alpha value is -2.32. The maximum absolute atomic E-state index is 13.6. The lowest BCUT2D eigenvalue weighted by atomic mass is 10.2. The minimum Gasteiger partial charge on any atom is -0.346 e. The van der Waals surface area contributed by atoms with Gasteiger partial charge in [0.05, 0.1) is 0 Å². The molecule has 5 nitrogen and oxygen atoms in total. The second kappa shape index (κ2) is 6.05. The van der Waals surface area contributed by atoms with E-state index >= 15 is 0 Å². The quantitative estimate of drug-likeness (QED) is 0.750. The number of halogens is 2. The number of sulfonamides is 1. The number of benzene rings is 1. The maximum Gasteiger partial charge on any atom is 0.243 e. The van der Waals surface area contributed by atoms with Crippen molar-refractivity contribution in [1.29, 1.82) is 0 Å². The van der Waals surface area contributed by atoms with Crippen molar-refractivity contribution in [2.75, 3.05) is 6.54 Å². The van der Waals surface area contributed by atoms with E-state index in [1.807, 2.05) is 6.07 Å². The van der Waals surface area contributed by atoms with Crippen LogP contribution in [0.2, 0.25) is 0 Å². The Kier molecular flexibility index (Phi) is 4.10. The molecule has 2 aromatic heterocycles. The minimum atomic E-state index is -4.11. The first-order valence-corrected chi connectivity index (χ1v) is 8.31. The number of nitrogens with zero attached hydrogens (tertiary/aromatic N) is 1. The normalized spacial score (nSPS) is 11.9. The maximum atomic E-state index is 13.6. The van der Waals surface area contributed by atoms with Crippen molar-refractivity contribution in [3.8, 4) is 0 Å². The number of pyridine rings is 1. The predicted molar refractivity (Wildman–Crippen MR) is 81.3 cm³/mol. The molecule has 0 bridgehead atoms. The summed E-state index contributed by atoms with van der Waals surface area (Å²) in [6.07, 6.45) is 3.79. The van der Waals surface area contributed by atoms with Crippen molar-refractivity contribution in [3.05, 3.63) is 59.9 Å². The number of hydrogen-bond donors (Lipinski definition) is 2. The SMILES string of the molecule is O=S(=O)(NCCc1c[nH]c2ncccc12)c1cc(F)ccc1F. The number of aromatic amines is 1. The highest BCUT2D eigenvalue weighted by atomic mass is 32.2. The summed E-state index contributed by atoms with van der Waals surface area (Å²) < 4.78 is 53.1. The Morgan fingerprint density at radius 1 is 1.22 bits per heavy atom. The van der Waals surface area contributed by atoms with Crippen LogP contribution in [0.5, 0.6) is 0 Å². The molecule has 0 aliphatic carbocycles. The summed E-state index contributed by atoms with van der Waals surface area (Å²) in [6.45, 7) is 0.0557. The van der Waals surface area contributed by atoms with Crippen molar-refractivity contribution < 1.29 is 17.2 Å². The largest absolute Gasteiger partial charge is 0.346 e. The van der Waals surface area contributed by atoms with Crippen LogP contribution in [-0.2, 0) is 16.4 Å². The van der Waals surface area contributed by atoms with E-state index in [0.29, 0.717) is 18.1 Å². The third-order valence-corrected chi connectivity index (χ3v) is 4.88. The molecule has 8 heteroatoms. The summed E-state index contributed by atoms with van der Waals surface area (Å²) in [7, 11) is -4.11. The van der Waals surface area contributed by atoms with E-state index in [2.05, 4.69) is 14.7 Å². The van der Waals surface area contributed by atoms with Gasteiger partial charge >= 0.3 is 0 Å². The minimum absolute atomic E-state index is 0.0557. The molecule has 23 heavy (non-hydrogen) atoms. The fourth-order valence-electron chi connectivity index (χ4n) is 2.30. The van der Waals surface area contributed by atoms with Gasteiger partial charge in [0.25, 0.3) is 0 Å². The lowest BCUT2D eigenvalue weighted by Gasteiger charge is -2.07. The number of H-pyrrole nitrogens is 1. The zero-order valence-corrected chi connectivity index (χ0v) is 12.7. The fourth-order valence-corrected chi connectivity index (χ4v) is 3.42. The second-order valence-corrected chi connectivity index (χ2v) is 6.67. The van der Waals surface area contributed by atoms with E-state index in [1.165, 1.54) is 0 Å². The Morgan fingerprint density at radius 3 is 2.87 bits per heavy atom. The van der Waals surface area contributed by atoms with Gasteiger partial charge in [0.15, 0.2) is 0 Å². The molecule has 0 amide bonds. The molecule has 3 aromatic rings. The van der Waals surface area contributed by atoms with Crippen LogP contribution in [0, 0.1) is 11.6 Å². The van der Waals surface area contributed by atoms with Crippen LogP contribution in [0.3, 0.4) is 0 Å². The van der Waals surface area contributed by atoms with Gasteiger partial charge in [-0.1, -0.05) is 0 Å². The third kappa shape index (κ3) is 3.22. The Labute approximate surface area is 131 Å². The van der Waals surface area contributed by atoms with E-state index in [4.69, 9.17) is 0 Å². The van der Waals surface area contributed by atoms with Gasteiger partial charge in [0.1, 0.15) is 22.2 Å². The molecule has 0 unspecified atom stereocenters. The standard InChI is InChI=1S/C15H13F2N3O2S/c16-11-3-4-13(17)14(8-11)23(21,22)20-7-5-10-9-19-15-12(10)2-1-6-18-15/h1-4,6,8-9,20H,5,7H2,(H,18,19). The third-order valence-electron chi connectivity index (χ3n) is 3.41. The molecule has 1 aromatic carbocycles. The van der Waals surface area contributed by atoms with Gasteiger partial charge < -0.3 is 4.98 Å². The van der Waals surface area contributed by atoms with Crippen LogP contribution in [0.25, 0.3) is 11.0 Å². The smallest absolute Gasteiger partial charge is 0.243 e. The molecular weight excluding hydrogens is 324 g/mol. The van der Waals surface area contributed by atoms with E-state index in [0.717, 1.165) is 23.1 Å². The van der Waals surface area contributed by atoms with Gasteiger partial charge in [0, 0.05) is 24.3 Å². The molecule has 0 spiro atoms. The molecular formula is C15H13F2N3O2S. The molecule has 3 rings (SSSR count). The Balaban J connectivity index is 1.74. The summed E-state index contributed by atoms with van der Waals surface area (Å²) in [6, 6.07) is 5.97. The first kappa shape index (κ1) is 15.6. The Bertz CT molecular complexity index is 954. The van der Waals surface area contributed by atoms with Crippen LogP contribution in [-0.4, -0.2) is 24.9 Å². The summed E-state index contributed by atoms with van der Waals surface area (Å²) in [4.78, 5) is 6.43. The summed E-state index contributed by atoms with van der Waals surface area (Å²) in [5.41, 5.74) is 1.59. The highest BCUT2D eigenvalue weighted by Crippen LogP contribution is 2.17. The van der Waals surface area contributed by atoms with Gasteiger partial charge in [-0.2, -0.15) is 0 Å². The predicted octanol–water partition coefficient (Wildman–Crippen LogP) is 2.36. The lowest BCUT2D eigenvalue weighted by molar-refractivity contribution is 0.546. The molecule has 120 valence electrons. The molecule has 0 atom stereocenters. The topological polar surface area (TPSA) is 74.8 Å². The van der Waals surface area contributed by atoms with Crippen molar-refractivity contribution >= 4 is 21.1 Å². The number of aromatic nitrogens is 2. The highest BCUT2D eigenvalue weighted by Gasteiger charge is 2.19. The van der Waals surface area contributed by atoms with Gasteiger partial charge in [-0.05, 0) is 42.3 Å². The zero-order chi connectivity index (χ0) is 16.4. The molecule has 2 N–H and O–H groups in total. The monoisotopic (exact) mass is 337 g/mol. The molecule has 0 fully saturated rings. The van der Waals surface area contributed by atoms with Crippen LogP contribution in [0.4, 0.5) is 8.78 Å². The second-order valence-electron chi connectivity index (χ2n) is 4.94. The van der Waals surface area contributed by atoms with E-state index in [-0.39, 0.29) is 6.54 Å². The zero-order valence-electron chi connectivity index (χ0n) is 11.9. The summed E-state index contributed by atoms with van der Waals surface area (Å²) in [5.74, 6) is -1.80. The average molecular weight is 337 g/mol. The van der Waals surface area contributed by atoms with Crippen LogP contribution < -0.4 is 4.72 Å². The molecule has 0 aliphatic rings. The summed E-state index contributed by atoms with van der Waals surface area (Å²) in [5, 5.41) is 0.892. The van der Waals surface area contributed by atoms with Crippen molar-refractivity contribution in [2.24, 2.45) is 0 Å². The number of nitrogens with one attached hydrogen (secondary N) is 2. The van der Waals surface area contributed by atoms with E-state index in [1.54, 1.807) is 18.5 Å². The van der Waals surface area contributed by atoms with Crippen molar-refractivity contribution in [2.45, 2.75) is 11.3 Å². The molecule has 2 heterocycles. The summed E-state index contributed by atoms with van der Waals surface area (Å²) >= 11 is 0. The van der Waals surface area contributed by atoms with E-state index in [9.17, 15) is 17.2 Å². The number of fused-ring (bicyclic) bond motifs is 1. The number of rotatable bonds is 5.